The van der Waals surface area contributed by atoms with Crippen LogP contribution < -0.4 is 5.46 Å². The molecule has 0 aliphatic rings. The number of aromatic nitrogens is 1. The number of para-hydroxylation sites is 1. The minimum absolute atomic E-state index is 0.159. The van der Waals surface area contributed by atoms with Gasteiger partial charge in [0.15, 0.2) is 0 Å². The van der Waals surface area contributed by atoms with Crippen LogP contribution in [0.25, 0.3) is 10.9 Å². The van der Waals surface area contributed by atoms with E-state index in [9.17, 15) is 18.5 Å². The normalized spacial score (nSPS) is 11.7. The molecule has 1 aromatic heterocycles. The van der Waals surface area contributed by atoms with E-state index >= 15 is 0 Å². The predicted molar refractivity (Wildman–Crippen MR) is 86.2 cm³/mol. The predicted octanol–water partition coefficient (Wildman–Crippen LogP) is 0.699. The number of rotatable bonds is 4. The summed E-state index contributed by atoms with van der Waals surface area (Å²) >= 11 is 0. The van der Waals surface area contributed by atoms with Crippen LogP contribution in [0.1, 0.15) is 5.56 Å². The zero-order chi connectivity index (χ0) is 15.7. The van der Waals surface area contributed by atoms with Crippen molar-refractivity contribution < 1.29 is 18.5 Å². The fraction of sp³-hybridized carbons (Fsp3) is 0.0667. The molecule has 0 aliphatic heterocycles. The first-order valence-corrected chi connectivity index (χ1v) is 8.33. The second-order valence-corrected chi connectivity index (χ2v) is 6.86. The van der Waals surface area contributed by atoms with Gasteiger partial charge in [0.05, 0.1) is 11.3 Å². The third-order valence-electron chi connectivity index (χ3n) is 3.48. The van der Waals surface area contributed by atoms with E-state index in [2.05, 4.69) is 0 Å². The average molecular weight is 315 g/mol. The van der Waals surface area contributed by atoms with Gasteiger partial charge >= 0.3 is 7.12 Å². The van der Waals surface area contributed by atoms with Crippen LogP contribution >= 0.6 is 0 Å². The van der Waals surface area contributed by atoms with Gasteiger partial charge in [-0.05, 0) is 11.6 Å². The zero-order valence-electron chi connectivity index (χ0n) is 11.6. The molecular formula is C15H14BNO4S. The van der Waals surface area contributed by atoms with Crippen molar-refractivity contribution in [2.45, 2.75) is 5.75 Å². The zero-order valence-corrected chi connectivity index (χ0v) is 12.4. The Morgan fingerprint density at radius 1 is 0.955 bits per heavy atom. The monoisotopic (exact) mass is 315 g/mol. The Kier molecular flexibility index (Phi) is 3.78. The van der Waals surface area contributed by atoms with Crippen molar-refractivity contribution >= 4 is 33.5 Å². The maximum absolute atomic E-state index is 12.7. The van der Waals surface area contributed by atoms with Gasteiger partial charge in [-0.15, -0.1) is 0 Å². The molecule has 1 heterocycles. The molecule has 0 radical (unpaired) electrons. The van der Waals surface area contributed by atoms with Crippen molar-refractivity contribution in [1.29, 1.82) is 0 Å². The highest BCUT2D eigenvalue weighted by molar-refractivity contribution is 7.89. The van der Waals surface area contributed by atoms with Gasteiger partial charge in [-0.3, -0.25) is 0 Å². The maximum Gasteiger partial charge on any atom is 0.490 e. The van der Waals surface area contributed by atoms with E-state index < -0.39 is 17.1 Å². The van der Waals surface area contributed by atoms with Crippen molar-refractivity contribution in [2.24, 2.45) is 0 Å². The molecule has 0 saturated carbocycles. The van der Waals surface area contributed by atoms with Crippen LogP contribution in [-0.2, 0) is 15.8 Å². The van der Waals surface area contributed by atoms with Crippen LogP contribution in [0.5, 0.6) is 0 Å². The van der Waals surface area contributed by atoms with Crippen molar-refractivity contribution in [3.05, 3.63) is 66.4 Å². The molecule has 112 valence electrons. The Morgan fingerprint density at radius 2 is 1.59 bits per heavy atom. The molecule has 2 aromatic carbocycles. The van der Waals surface area contributed by atoms with Crippen LogP contribution in [0.15, 0.2) is 60.8 Å². The molecule has 3 aromatic rings. The summed E-state index contributed by atoms with van der Waals surface area (Å²) < 4.78 is 26.4. The highest BCUT2D eigenvalue weighted by Crippen LogP contribution is 2.18. The van der Waals surface area contributed by atoms with Gasteiger partial charge in [0.2, 0.25) is 10.0 Å². The summed E-state index contributed by atoms with van der Waals surface area (Å²) in [6, 6.07) is 15.6. The van der Waals surface area contributed by atoms with E-state index in [1.165, 1.54) is 6.20 Å². The fourth-order valence-electron chi connectivity index (χ4n) is 2.47. The molecule has 2 N–H and O–H groups in total. The summed E-state index contributed by atoms with van der Waals surface area (Å²) in [7, 11) is -5.38. The lowest BCUT2D eigenvalue weighted by molar-refractivity contribution is 0.426. The summed E-state index contributed by atoms with van der Waals surface area (Å²) in [5.41, 5.74) is 1.28. The molecular weight excluding hydrogens is 301 g/mol. The third-order valence-corrected chi connectivity index (χ3v) is 5.08. The van der Waals surface area contributed by atoms with Gasteiger partial charge in [0.25, 0.3) is 0 Å². The van der Waals surface area contributed by atoms with Crippen molar-refractivity contribution in [3.8, 4) is 0 Å². The van der Waals surface area contributed by atoms with Gasteiger partial charge in [0, 0.05) is 17.0 Å². The largest absolute Gasteiger partial charge is 0.490 e. The molecule has 0 bridgehead atoms. The molecule has 0 atom stereocenters. The van der Waals surface area contributed by atoms with Crippen LogP contribution in [0, 0.1) is 0 Å². The average Bonchev–Trinajstić information content (AvgIpc) is 2.88. The van der Waals surface area contributed by atoms with E-state index in [4.69, 9.17) is 0 Å². The van der Waals surface area contributed by atoms with E-state index in [0.29, 0.717) is 16.5 Å². The first-order valence-electron chi connectivity index (χ1n) is 6.72. The third kappa shape index (κ3) is 2.66. The summed E-state index contributed by atoms with van der Waals surface area (Å²) in [5, 5.41) is 19.4. The van der Waals surface area contributed by atoms with Crippen LogP contribution in [0.3, 0.4) is 0 Å². The number of fused-ring (bicyclic) bond motifs is 1. The van der Waals surface area contributed by atoms with Crippen LogP contribution in [0.2, 0.25) is 0 Å². The number of benzene rings is 2. The fourth-order valence-corrected chi connectivity index (χ4v) is 3.95. The quantitative estimate of drug-likeness (QED) is 0.695. The topological polar surface area (TPSA) is 79.5 Å². The Bertz CT molecular complexity index is 904. The minimum Gasteiger partial charge on any atom is -0.423 e. The number of nitrogens with zero attached hydrogens (tertiary/aromatic N) is 1. The van der Waals surface area contributed by atoms with Gasteiger partial charge < -0.3 is 10.0 Å². The van der Waals surface area contributed by atoms with Crippen LogP contribution in [-0.4, -0.2) is 29.6 Å². The Morgan fingerprint density at radius 3 is 2.27 bits per heavy atom. The second kappa shape index (κ2) is 5.60. The lowest BCUT2D eigenvalue weighted by Crippen LogP contribution is -2.29. The minimum atomic E-state index is -3.66. The smallest absolute Gasteiger partial charge is 0.423 e. The lowest BCUT2D eigenvalue weighted by atomic mass is 9.80. The van der Waals surface area contributed by atoms with Gasteiger partial charge in [0.1, 0.15) is 0 Å². The highest BCUT2D eigenvalue weighted by atomic mass is 32.2. The SMILES string of the molecule is O=S(=O)(Cc1ccccc1)n1cc(B(O)O)c2ccccc21. The molecule has 0 spiro atoms. The Labute approximate surface area is 128 Å². The van der Waals surface area contributed by atoms with Crippen molar-refractivity contribution in [3.63, 3.8) is 0 Å². The molecule has 5 nitrogen and oxygen atoms in total. The van der Waals surface area contributed by atoms with Crippen LogP contribution in [0.4, 0.5) is 0 Å². The van der Waals surface area contributed by atoms with E-state index in [1.807, 2.05) is 6.07 Å². The Balaban J connectivity index is 2.13. The van der Waals surface area contributed by atoms with Gasteiger partial charge in [-0.25, -0.2) is 12.4 Å². The molecule has 0 fully saturated rings. The standard InChI is InChI=1S/C15H14BNO4S/c18-16(19)14-10-17(15-9-5-4-8-13(14)15)22(20,21)11-12-6-2-1-3-7-12/h1-10,18-19H,11H2. The summed E-state index contributed by atoms with van der Waals surface area (Å²) in [4.78, 5) is 0. The number of hydrogen-bond acceptors (Lipinski definition) is 4. The molecule has 22 heavy (non-hydrogen) atoms. The molecule has 0 saturated heterocycles. The van der Waals surface area contributed by atoms with E-state index in [0.717, 1.165) is 3.97 Å². The van der Waals surface area contributed by atoms with Gasteiger partial charge in [-0.1, -0.05) is 48.5 Å². The lowest BCUT2D eigenvalue weighted by Gasteiger charge is -2.07. The summed E-state index contributed by atoms with van der Waals surface area (Å²) in [6.45, 7) is 0. The van der Waals surface area contributed by atoms with Gasteiger partial charge in [-0.2, -0.15) is 0 Å². The first kappa shape index (κ1) is 14.8. The Hall–Kier alpha value is -2.09. The molecule has 0 aliphatic carbocycles. The van der Waals surface area contributed by atoms with E-state index in [1.54, 1.807) is 48.5 Å². The number of hydrogen-bond donors (Lipinski definition) is 2. The maximum atomic E-state index is 12.7. The molecule has 0 unspecified atom stereocenters. The van der Waals surface area contributed by atoms with Crippen molar-refractivity contribution in [1.82, 2.24) is 3.97 Å². The second-order valence-electron chi connectivity index (χ2n) is 5.01. The molecule has 3 rings (SSSR count). The summed E-state index contributed by atoms with van der Waals surface area (Å²) in [6.07, 6.45) is 1.27. The summed E-state index contributed by atoms with van der Waals surface area (Å²) in [5.74, 6) is -0.159. The molecule has 0 amide bonds. The highest BCUT2D eigenvalue weighted by Gasteiger charge is 2.24. The molecule has 7 heteroatoms. The van der Waals surface area contributed by atoms with E-state index in [-0.39, 0.29) is 11.2 Å². The van der Waals surface area contributed by atoms with Crippen molar-refractivity contribution in [2.75, 3.05) is 0 Å². The first-order chi connectivity index (χ1) is 10.5.